The minimum Gasteiger partial charge on any atom is -0.489 e. The number of imide groups is 1. The van der Waals surface area contributed by atoms with E-state index < -0.39 is 0 Å². The number of ether oxygens (including phenoxy) is 1. The van der Waals surface area contributed by atoms with Crippen molar-refractivity contribution in [2.75, 3.05) is 26.2 Å². The Morgan fingerprint density at radius 3 is 2.54 bits per heavy atom. The zero-order valence-electron chi connectivity index (χ0n) is 21.6. The van der Waals surface area contributed by atoms with Gasteiger partial charge in [-0.15, -0.1) is 0 Å². The van der Waals surface area contributed by atoms with Gasteiger partial charge >= 0.3 is 0 Å². The molecule has 3 heterocycles. The number of unbranched alkanes of at least 4 members (excludes halogenated alkanes) is 1. The van der Waals surface area contributed by atoms with Crippen molar-refractivity contribution in [2.24, 2.45) is 0 Å². The van der Waals surface area contributed by atoms with Gasteiger partial charge in [-0.05, 0) is 35.6 Å². The summed E-state index contributed by atoms with van der Waals surface area (Å²) in [6, 6.07) is 14.2. The number of amides is 3. The van der Waals surface area contributed by atoms with E-state index in [-0.39, 0.29) is 23.8 Å². The Morgan fingerprint density at radius 2 is 1.78 bits per heavy atom. The highest BCUT2D eigenvalue weighted by Crippen LogP contribution is 2.33. The highest BCUT2D eigenvalue weighted by Gasteiger charge is 2.35. The first kappa shape index (κ1) is 25.4. The van der Waals surface area contributed by atoms with E-state index in [1.54, 1.807) is 0 Å². The lowest BCUT2D eigenvalue weighted by Crippen LogP contribution is -2.50. The molecular weight excluding hydrogens is 468 g/mol. The average Bonchev–Trinajstić information content (AvgIpc) is 3.32. The van der Waals surface area contributed by atoms with Gasteiger partial charge < -0.3 is 9.64 Å². The number of carbonyl (C=O) groups is 3. The Balaban J connectivity index is 1.13. The summed E-state index contributed by atoms with van der Waals surface area (Å²) in [6.45, 7) is 7.80. The van der Waals surface area contributed by atoms with E-state index >= 15 is 0 Å². The minimum atomic E-state index is -0.278. The fourth-order valence-corrected chi connectivity index (χ4v) is 5.44. The highest BCUT2D eigenvalue weighted by molar-refractivity contribution is 6.00. The van der Waals surface area contributed by atoms with Gasteiger partial charge in [-0.2, -0.15) is 0 Å². The number of nitrogens with one attached hydrogen (secondary N) is 1. The Morgan fingerprint density at radius 1 is 0.973 bits per heavy atom. The average molecular weight is 505 g/mol. The minimum absolute atomic E-state index is 0.188. The van der Waals surface area contributed by atoms with Crippen molar-refractivity contribution in [3.63, 3.8) is 0 Å². The van der Waals surface area contributed by atoms with Crippen LogP contribution in [0.4, 0.5) is 0 Å². The van der Waals surface area contributed by atoms with Crippen LogP contribution < -0.4 is 10.1 Å². The smallest absolute Gasteiger partial charge is 0.243 e. The lowest BCUT2D eigenvalue weighted by molar-refractivity contribution is -0.138. The van der Waals surface area contributed by atoms with Crippen LogP contribution in [0.15, 0.2) is 42.5 Å². The number of carbonyl (C=O) groups excluding carboxylic acids is 3. The third-order valence-corrected chi connectivity index (χ3v) is 7.62. The van der Waals surface area contributed by atoms with E-state index in [0.717, 1.165) is 55.9 Å². The maximum absolute atomic E-state index is 12.4. The number of benzene rings is 2. The maximum Gasteiger partial charge on any atom is 0.243 e. The van der Waals surface area contributed by atoms with Gasteiger partial charge in [0.15, 0.2) is 0 Å². The first-order valence-corrected chi connectivity index (χ1v) is 13.4. The lowest BCUT2D eigenvalue weighted by atomic mass is 10.0. The molecular formula is C29H36N4O4. The Labute approximate surface area is 218 Å². The molecule has 5 rings (SSSR count). The van der Waals surface area contributed by atoms with Crippen molar-refractivity contribution >= 4 is 17.7 Å². The van der Waals surface area contributed by atoms with Gasteiger partial charge in [-0.25, -0.2) is 0 Å². The Kier molecular flexibility index (Phi) is 7.86. The molecule has 8 heteroatoms. The second-order valence-electron chi connectivity index (χ2n) is 10.3. The molecule has 2 saturated heterocycles. The van der Waals surface area contributed by atoms with Crippen molar-refractivity contribution in [1.29, 1.82) is 0 Å². The molecule has 2 aromatic carbocycles. The molecule has 1 N–H and O–H groups in total. The summed E-state index contributed by atoms with van der Waals surface area (Å²) in [7, 11) is 0. The van der Waals surface area contributed by atoms with Crippen LogP contribution in [0.3, 0.4) is 0 Å². The summed E-state index contributed by atoms with van der Waals surface area (Å²) in [5.74, 6) is 0.688. The number of rotatable bonds is 9. The van der Waals surface area contributed by atoms with Crippen molar-refractivity contribution in [1.82, 2.24) is 20.0 Å². The molecule has 1 atom stereocenters. The highest BCUT2D eigenvalue weighted by atomic mass is 16.5. The third-order valence-electron chi connectivity index (χ3n) is 7.62. The van der Waals surface area contributed by atoms with Gasteiger partial charge in [-0.3, -0.25) is 29.5 Å². The number of nitrogens with zero attached hydrogens (tertiary/aromatic N) is 3. The van der Waals surface area contributed by atoms with Crippen molar-refractivity contribution in [3.8, 4) is 5.75 Å². The molecule has 8 nitrogen and oxygen atoms in total. The molecule has 3 aliphatic heterocycles. The van der Waals surface area contributed by atoms with Gasteiger partial charge in [-0.1, -0.05) is 49.7 Å². The molecule has 2 aromatic rings. The number of fused-ring (bicyclic) bond motifs is 1. The van der Waals surface area contributed by atoms with Crippen LogP contribution in [-0.4, -0.2) is 64.6 Å². The van der Waals surface area contributed by atoms with Crippen LogP contribution in [0.1, 0.15) is 54.9 Å². The van der Waals surface area contributed by atoms with Gasteiger partial charge in [0, 0.05) is 51.3 Å². The van der Waals surface area contributed by atoms with Crippen molar-refractivity contribution in [2.45, 2.75) is 64.9 Å². The van der Waals surface area contributed by atoms with Crippen molar-refractivity contribution < 1.29 is 19.1 Å². The summed E-state index contributed by atoms with van der Waals surface area (Å²) >= 11 is 0. The Hall–Kier alpha value is -3.23. The Bertz CT molecular complexity index is 1150. The standard InChI is InChI=1S/C29H36N4O4/c1-2-3-13-32-15-14-31(19-28(32)35)16-21-7-9-22(10-8-21)20-37-26-6-4-5-23-17-33(18-24(23)26)25-11-12-27(34)30-29(25)36/h4-10,25H,2-3,11-20H2,1H3,(H,30,34,36). The molecule has 196 valence electrons. The molecule has 0 aromatic heterocycles. The summed E-state index contributed by atoms with van der Waals surface area (Å²) < 4.78 is 6.22. The number of piperidine rings is 1. The normalized spacial score (nSPS) is 20.7. The van der Waals surface area contributed by atoms with Gasteiger partial charge in [0.05, 0.1) is 12.6 Å². The monoisotopic (exact) mass is 504 g/mol. The van der Waals surface area contributed by atoms with Crippen molar-refractivity contribution in [3.05, 3.63) is 64.7 Å². The van der Waals surface area contributed by atoms with E-state index in [9.17, 15) is 14.4 Å². The fourth-order valence-electron chi connectivity index (χ4n) is 5.44. The molecule has 1 unspecified atom stereocenters. The topological polar surface area (TPSA) is 82.2 Å². The molecule has 3 aliphatic rings. The number of hydrogen-bond acceptors (Lipinski definition) is 6. The summed E-state index contributed by atoms with van der Waals surface area (Å²) in [5, 5.41) is 2.46. The maximum atomic E-state index is 12.4. The molecule has 3 amide bonds. The second-order valence-corrected chi connectivity index (χ2v) is 10.3. The third kappa shape index (κ3) is 6.02. The predicted octanol–water partition coefficient (Wildman–Crippen LogP) is 2.83. The van der Waals surface area contributed by atoms with Crippen LogP contribution in [0.25, 0.3) is 0 Å². The van der Waals surface area contributed by atoms with E-state index in [2.05, 4.69) is 52.4 Å². The van der Waals surface area contributed by atoms with Gasteiger partial charge in [0.1, 0.15) is 12.4 Å². The SMILES string of the molecule is CCCCN1CCN(Cc2ccc(COc3cccc4c3CN(C3CCC(=O)NC3=O)C4)cc2)CC1=O. The number of piperazine rings is 1. The van der Waals surface area contributed by atoms with Gasteiger partial charge in [0.2, 0.25) is 17.7 Å². The zero-order valence-corrected chi connectivity index (χ0v) is 21.6. The van der Waals surface area contributed by atoms with Gasteiger partial charge in [0.25, 0.3) is 0 Å². The van der Waals surface area contributed by atoms with Crippen LogP contribution in [0, 0.1) is 0 Å². The molecule has 0 spiro atoms. The summed E-state index contributed by atoms with van der Waals surface area (Å²) in [4.78, 5) is 42.6. The molecule has 0 radical (unpaired) electrons. The summed E-state index contributed by atoms with van der Waals surface area (Å²) in [6.07, 6.45) is 3.12. The van der Waals surface area contributed by atoms with E-state index in [0.29, 0.717) is 39.1 Å². The van der Waals surface area contributed by atoms with E-state index in [4.69, 9.17) is 4.74 Å². The quantitative estimate of drug-likeness (QED) is 0.529. The second kappa shape index (κ2) is 11.4. The molecule has 0 aliphatic carbocycles. The molecule has 2 fully saturated rings. The van der Waals surface area contributed by atoms with Crippen LogP contribution >= 0.6 is 0 Å². The first-order valence-electron chi connectivity index (χ1n) is 13.4. The van der Waals surface area contributed by atoms with E-state index in [1.165, 1.54) is 11.1 Å². The van der Waals surface area contributed by atoms with Crippen LogP contribution in [0.2, 0.25) is 0 Å². The van der Waals surface area contributed by atoms with Crippen LogP contribution in [0.5, 0.6) is 5.75 Å². The predicted molar refractivity (Wildman–Crippen MR) is 139 cm³/mol. The van der Waals surface area contributed by atoms with E-state index in [1.807, 2.05) is 17.0 Å². The zero-order chi connectivity index (χ0) is 25.8. The fraction of sp³-hybridized carbons (Fsp3) is 0.483. The lowest BCUT2D eigenvalue weighted by Gasteiger charge is -2.34. The largest absolute Gasteiger partial charge is 0.489 e. The molecule has 0 bridgehead atoms. The molecule has 0 saturated carbocycles. The van der Waals surface area contributed by atoms with Crippen LogP contribution in [-0.2, 0) is 40.6 Å². The summed E-state index contributed by atoms with van der Waals surface area (Å²) in [5.41, 5.74) is 4.56. The molecule has 37 heavy (non-hydrogen) atoms. The number of hydrogen-bond donors (Lipinski definition) is 1. The first-order chi connectivity index (χ1) is 18.0.